The van der Waals surface area contributed by atoms with Crippen molar-refractivity contribution in [2.45, 2.75) is 12.8 Å². The predicted molar refractivity (Wildman–Crippen MR) is 80.9 cm³/mol. The van der Waals surface area contributed by atoms with Gasteiger partial charge in [-0.25, -0.2) is 4.98 Å². The first-order valence-electron chi connectivity index (χ1n) is 7.11. The van der Waals surface area contributed by atoms with Gasteiger partial charge in [-0.3, -0.25) is 14.3 Å². The predicted octanol–water partition coefficient (Wildman–Crippen LogP) is 1.71. The SMILES string of the molecule is O=c1[nH]c(N2CCCC2)nc2c1ncn2-c1ccccc1. The summed E-state index contributed by atoms with van der Waals surface area (Å²) in [6.45, 7) is 1.88. The summed E-state index contributed by atoms with van der Waals surface area (Å²) in [5.74, 6) is 0.641. The van der Waals surface area contributed by atoms with Crippen molar-refractivity contribution in [3.8, 4) is 5.69 Å². The molecular weight excluding hydrogens is 266 g/mol. The summed E-state index contributed by atoms with van der Waals surface area (Å²) in [6.07, 6.45) is 3.93. The molecule has 21 heavy (non-hydrogen) atoms. The second-order valence-electron chi connectivity index (χ2n) is 5.21. The number of nitrogens with zero attached hydrogens (tertiary/aromatic N) is 4. The molecule has 2 aromatic heterocycles. The molecule has 1 fully saturated rings. The number of nitrogens with one attached hydrogen (secondary N) is 1. The van der Waals surface area contributed by atoms with Crippen molar-refractivity contribution in [1.29, 1.82) is 0 Å². The summed E-state index contributed by atoms with van der Waals surface area (Å²) in [6, 6.07) is 9.81. The molecule has 3 heterocycles. The van der Waals surface area contributed by atoms with Crippen LogP contribution in [-0.2, 0) is 0 Å². The molecular formula is C15H15N5O. The Morgan fingerprint density at radius 2 is 1.86 bits per heavy atom. The van der Waals surface area contributed by atoms with Crippen LogP contribution in [0.3, 0.4) is 0 Å². The van der Waals surface area contributed by atoms with Gasteiger partial charge in [0.25, 0.3) is 5.56 Å². The second kappa shape index (κ2) is 4.73. The Bertz CT molecular complexity index is 830. The number of hydrogen-bond donors (Lipinski definition) is 1. The molecule has 3 aromatic rings. The third kappa shape index (κ3) is 1.99. The Morgan fingerprint density at radius 1 is 1.10 bits per heavy atom. The van der Waals surface area contributed by atoms with Crippen molar-refractivity contribution >= 4 is 17.1 Å². The van der Waals surface area contributed by atoms with E-state index in [4.69, 9.17) is 0 Å². The number of hydrogen-bond acceptors (Lipinski definition) is 4. The number of rotatable bonds is 2. The highest BCUT2D eigenvalue weighted by Crippen LogP contribution is 2.18. The van der Waals surface area contributed by atoms with E-state index < -0.39 is 0 Å². The van der Waals surface area contributed by atoms with Gasteiger partial charge in [-0.1, -0.05) is 18.2 Å². The Labute approximate surface area is 121 Å². The third-order valence-corrected chi connectivity index (χ3v) is 3.83. The molecule has 1 aromatic carbocycles. The minimum Gasteiger partial charge on any atom is -0.342 e. The quantitative estimate of drug-likeness (QED) is 0.776. The maximum atomic E-state index is 12.2. The summed E-state index contributed by atoms with van der Waals surface area (Å²) in [5.41, 5.74) is 1.75. The number of H-pyrrole nitrogens is 1. The van der Waals surface area contributed by atoms with Crippen LogP contribution in [0.25, 0.3) is 16.9 Å². The lowest BCUT2D eigenvalue weighted by Gasteiger charge is -2.15. The van der Waals surface area contributed by atoms with Crippen LogP contribution in [0.2, 0.25) is 0 Å². The molecule has 6 heteroatoms. The van der Waals surface area contributed by atoms with Gasteiger partial charge in [-0.15, -0.1) is 0 Å². The van der Waals surface area contributed by atoms with E-state index >= 15 is 0 Å². The first-order valence-corrected chi connectivity index (χ1v) is 7.11. The average Bonchev–Trinajstić information content (AvgIpc) is 3.18. The number of aromatic nitrogens is 4. The van der Waals surface area contributed by atoms with Crippen LogP contribution in [0.1, 0.15) is 12.8 Å². The van der Waals surface area contributed by atoms with Gasteiger partial charge in [0.1, 0.15) is 6.33 Å². The van der Waals surface area contributed by atoms with Crippen LogP contribution in [0.4, 0.5) is 5.95 Å². The molecule has 0 bridgehead atoms. The van der Waals surface area contributed by atoms with Gasteiger partial charge in [0, 0.05) is 18.8 Å². The van der Waals surface area contributed by atoms with Crippen molar-refractivity contribution in [3.63, 3.8) is 0 Å². The summed E-state index contributed by atoms with van der Waals surface area (Å²) < 4.78 is 1.85. The number of para-hydroxylation sites is 1. The largest absolute Gasteiger partial charge is 0.342 e. The fourth-order valence-electron chi connectivity index (χ4n) is 2.75. The van der Waals surface area contributed by atoms with Gasteiger partial charge in [-0.05, 0) is 25.0 Å². The number of anilines is 1. The Hall–Kier alpha value is -2.63. The number of fused-ring (bicyclic) bond motifs is 1. The van der Waals surface area contributed by atoms with Gasteiger partial charge in [0.2, 0.25) is 5.95 Å². The maximum Gasteiger partial charge on any atom is 0.280 e. The van der Waals surface area contributed by atoms with E-state index in [9.17, 15) is 4.79 Å². The molecule has 0 aliphatic carbocycles. The van der Waals surface area contributed by atoms with E-state index in [0.29, 0.717) is 17.1 Å². The van der Waals surface area contributed by atoms with Crippen LogP contribution in [0, 0.1) is 0 Å². The molecule has 0 saturated carbocycles. The lowest BCUT2D eigenvalue weighted by molar-refractivity contribution is 0.894. The van der Waals surface area contributed by atoms with Gasteiger partial charge in [0.15, 0.2) is 11.2 Å². The Kier molecular flexibility index (Phi) is 2.73. The highest BCUT2D eigenvalue weighted by Gasteiger charge is 2.18. The lowest BCUT2D eigenvalue weighted by atomic mass is 10.3. The van der Waals surface area contributed by atoms with E-state index in [-0.39, 0.29) is 5.56 Å². The van der Waals surface area contributed by atoms with Crippen LogP contribution < -0.4 is 10.5 Å². The molecule has 0 atom stereocenters. The molecule has 1 saturated heterocycles. The first kappa shape index (κ1) is 12.1. The van der Waals surface area contributed by atoms with Crippen molar-refractivity contribution in [3.05, 3.63) is 47.0 Å². The monoisotopic (exact) mass is 281 g/mol. The first-order chi connectivity index (χ1) is 10.3. The van der Waals surface area contributed by atoms with Crippen LogP contribution in [0.15, 0.2) is 41.5 Å². The van der Waals surface area contributed by atoms with E-state index in [1.807, 2.05) is 34.9 Å². The van der Waals surface area contributed by atoms with Crippen molar-refractivity contribution < 1.29 is 0 Å². The zero-order valence-electron chi connectivity index (χ0n) is 11.5. The van der Waals surface area contributed by atoms with Gasteiger partial charge in [0.05, 0.1) is 0 Å². The number of aromatic amines is 1. The smallest absolute Gasteiger partial charge is 0.280 e. The van der Waals surface area contributed by atoms with Crippen molar-refractivity contribution in [1.82, 2.24) is 19.5 Å². The fourth-order valence-corrected chi connectivity index (χ4v) is 2.75. The third-order valence-electron chi connectivity index (χ3n) is 3.83. The molecule has 1 aliphatic rings. The molecule has 1 aliphatic heterocycles. The fraction of sp³-hybridized carbons (Fsp3) is 0.267. The van der Waals surface area contributed by atoms with E-state index in [0.717, 1.165) is 31.6 Å². The highest BCUT2D eigenvalue weighted by atomic mass is 16.1. The lowest BCUT2D eigenvalue weighted by Crippen LogP contribution is -2.24. The van der Waals surface area contributed by atoms with Crippen LogP contribution in [-0.4, -0.2) is 32.6 Å². The van der Waals surface area contributed by atoms with E-state index in [2.05, 4.69) is 19.9 Å². The standard InChI is InChI=1S/C15H15N5O/c21-14-12-13(17-15(18-14)19-8-4-5-9-19)20(10-16-12)11-6-2-1-3-7-11/h1-3,6-7,10H,4-5,8-9H2,(H,17,18,21). The molecule has 6 nitrogen and oxygen atoms in total. The highest BCUT2D eigenvalue weighted by molar-refractivity contribution is 5.73. The maximum absolute atomic E-state index is 12.2. The summed E-state index contributed by atoms with van der Waals surface area (Å²) in [5, 5.41) is 0. The average molecular weight is 281 g/mol. The summed E-state index contributed by atoms with van der Waals surface area (Å²) in [4.78, 5) is 26.0. The normalized spacial score (nSPS) is 15.0. The molecule has 4 rings (SSSR count). The minimum absolute atomic E-state index is 0.184. The number of imidazole rings is 1. The molecule has 0 radical (unpaired) electrons. The zero-order chi connectivity index (χ0) is 14.2. The molecule has 0 spiro atoms. The second-order valence-corrected chi connectivity index (χ2v) is 5.21. The number of benzene rings is 1. The topological polar surface area (TPSA) is 66.8 Å². The Morgan fingerprint density at radius 3 is 2.62 bits per heavy atom. The van der Waals surface area contributed by atoms with E-state index in [1.165, 1.54) is 0 Å². The van der Waals surface area contributed by atoms with E-state index in [1.54, 1.807) is 6.33 Å². The van der Waals surface area contributed by atoms with Crippen molar-refractivity contribution in [2.75, 3.05) is 18.0 Å². The van der Waals surface area contributed by atoms with Gasteiger partial charge < -0.3 is 4.90 Å². The Balaban J connectivity index is 1.91. The minimum atomic E-state index is -0.184. The van der Waals surface area contributed by atoms with Crippen LogP contribution >= 0.6 is 0 Å². The van der Waals surface area contributed by atoms with Crippen molar-refractivity contribution in [2.24, 2.45) is 0 Å². The molecule has 1 N–H and O–H groups in total. The molecule has 106 valence electrons. The summed E-state index contributed by atoms with van der Waals surface area (Å²) in [7, 11) is 0. The summed E-state index contributed by atoms with van der Waals surface area (Å²) >= 11 is 0. The van der Waals surface area contributed by atoms with Crippen LogP contribution in [0.5, 0.6) is 0 Å². The zero-order valence-corrected chi connectivity index (χ0v) is 11.5. The van der Waals surface area contributed by atoms with Gasteiger partial charge in [-0.2, -0.15) is 4.98 Å². The molecule has 0 amide bonds. The van der Waals surface area contributed by atoms with Gasteiger partial charge >= 0.3 is 0 Å². The molecule has 0 unspecified atom stereocenters.